The number of hydrogen-bond donors (Lipinski definition) is 3. The number of halogens is 4. The molecule has 0 unspecified atom stereocenters. The van der Waals surface area contributed by atoms with Crippen LogP contribution >= 0.6 is 12.4 Å². The topological polar surface area (TPSA) is 88.1 Å². The van der Waals surface area contributed by atoms with Crippen molar-refractivity contribution in [1.29, 1.82) is 0 Å². The van der Waals surface area contributed by atoms with Gasteiger partial charge in [0.25, 0.3) is 0 Å². The molecule has 0 bridgehead atoms. The fraction of sp³-hybridized carbons (Fsp3) is 0.389. The molecule has 0 saturated carbocycles. The van der Waals surface area contributed by atoms with Crippen LogP contribution in [0.3, 0.4) is 0 Å². The van der Waals surface area contributed by atoms with Gasteiger partial charge >= 0.3 is 6.18 Å². The predicted octanol–water partition coefficient (Wildman–Crippen LogP) is 2.76. The number of benzene rings is 1. The van der Waals surface area contributed by atoms with Crippen LogP contribution in [0, 0.1) is 5.92 Å². The molecule has 0 aliphatic carbocycles. The van der Waals surface area contributed by atoms with Gasteiger partial charge in [-0.3, -0.25) is 14.3 Å². The third-order valence-corrected chi connectivity index (χ3v) is 4.62. The molecular formula is C18H21ClF3N5O2. The quantitative estimate of drug-likeness (QED) is 0.694. The molecule has 11 heteroatoms. The molecule has 2 amide bonds. The smallest absolute Gasteiger partial charge is 0.325 e. The minimum Gasteiger partial charge on any atom is -0.325 e. The highest BCUT2D eigenvalue weighted by atomic mass is 35.5. The van der Waals surface area contributed by atoms with Crippen LogP contribution in [0.5, 0.6) is 0 Å². The Morgan fingerprint density at radius 3 is 2.52 bits per heavy atom. The van der Waals surface area contributed by atoms with Gasteiger partial charge < -0.3 is 16.0 Å². The minimum atomic E-state index is -4.57. The fourth-order valence-corrected chi connectivity index (χ4v) is 3.28. The zero-order valence-corrected chi connectivity index (χ0v) is 16.5. The Labute approximate surface area is 171 Å². The fourth-order valence-electron chi connectivity index (χ4n) is 3.28. The maximum Gasteiger partial charge on any atom is 0.416 e. The summed E-state index contributed by atoms with van der Waals surface area (Å²) in [5, 5.41) is 12.2. The Hall–Kier alpha value is -2.59. The first-order valence-electron chi connectivity index (χ1n) is 8.64. The summed E-state index contributed by atoms with van der Waals surface area (Å²) in [6.45, 7) is 2.19. The number of nitrogens with one attached hydrogen (secondary N) is 3. The summed E-state index contributed by atoms with van der Waals surface area (Å²) >= 11 is 0. The normalized spacial score (nSPS) is 18.8. The first kappa shape index (κ1) is 22.7. The van der Waals surface area contributed by atoms with Gasteiger partial charge in [-0.05, 0) is 23.8 Å². The predicted molar refractivity (Wildman–Crippen MR) is 104 cm³/mol. The van der Waals surface area contributed by atoms with Crippen molar-refractivity contribution in [2.75, 3.05) is 23.7 Å². The molecule has 1 aliphatic heterocycles. The molecule has 1 fully saturated rings. The zero-order chi connectivity index (χ0) is 20.5. The summed E-state index contributed by atoms with van der Waals surface area (Å²) in [4.78, 5) is 24.2. The van der Waals surface area contributed by atoms with Gasteiger partial charge in [0, 0.05) is 39.2 Å². The van der Waals surface area contributed by atoms with Gasteiger partial charge in [0.2, 0.25) is 11.8 Å². The van der Waals surface area contributed by atoms with E-state index < -0.39 is 29.5 Å². The molecule has 3 N–H and O–H groups in total. The van der Waals surface area contributed by atoms with E-state index in [1.165, 1.54) is 6.92 Å². The number of alkyl halides is 3. The Bertz CT molecular complexity index is 900. The second kappa shape index (κ2) is 8.83. The van der Waals surface area contributed by atoms with E-state index in [1.807, 2.05) is 6.20 Å². The zero-order valence-electron chi connectivity index (χ0n) is 15.7. The third kappa shape index (κ3) is 5.27. The lowest BCUT2D eigenvalue weighted by Crippen LogP contribution is -2.28. The van der Waals surface area contributed by atoms with Crippen LogP contribution in [0.1, 0.15) is 24.0 Å². The minimum absolute atomic E-state index is 0. The van der Waals surface area contributed by atoms with E-state index in [9.17, 15) is 22.8 Å². The SMILES string of the molecule is CC(=O)Nc1ccc(C(F)(F)F)cc1NC(=O)[C@H]1CNC[C@@H]1c1cnn(C)c1.Cl. The van der Waals surface area contributed by atoms with Crippen molar-refractivity contribution in [1.82, 2.24) is 15.1 Å². The Morgan fingerprint density at radius 1 is 1.21 bits per heavy atom. The highest BCUT2D eigenvalue weighted by molar-refractivity contribution is 6.00. The van der Waals surface area contributed by atoms with E-state index in [4.69, 9.17) is 0 Å². The van der Waals surface area contributed by atoms with Crippen LogP contribution < -0.4 is 16.0 Å². The molecule has 1 saturated heterocycles. The number of aryl methyl sites for hydroxylation is 1. The van der Waals surface area contributed by atoms with Crippen molar-refractivity contribution in [3.63, 3.8) is 0 Å². The van der Waals surface area contributed by atoms with Crippen LogP contribution in [-0.2, 0) is 22.8 Å². The molecule has 7 nitrogen and oxygen atoms in total. The van der Waals surface area contributed by atoms with Gasteiger partial charge in [0.05, 0.1) is 29.1 Å². The average Bonchev–Trinajstić information content (AvgIpc) is 3.23. The first-order chi connectivity index (χ1) is 13.1. The summed E-state index contributed by atoms with van der Waals surface area (Å²) in [5.41, 5.74) is -0.0198. The number of aromatic nitrogens is 2. The van der Waals surface area contributed by atoms with Crippen molar-refractivity contribution >= 4 is 35.6 Å². The summed E-state index contributed by atoms with van der Waals surface area (Å²) in [7, 11) is 1.77. The molecule has 3 rings (SSSR count). The first-order valence-corrected chi connectivity index (χ1v) is 8.64. The highest BCUT2D eigenvalue weighted by Gasteiger charge is 2.36. The average molecular weight is 432 g/mol. The molecule has 2 aromatic rings. The number of anilines is 2. The molecule has 1 aromatic heterocycles. The van der Waals surface area contributed by atoms with Gasteiger partial charge in [0.1, 0.15) is 0 Å². The van der Waals surface area contributed by atoms with Gasteiger partial charge in [-0.1, -0.05) is 0 Å². The van der Waals surface area contributed by atoms with Crippen LogP contribution in [0.25, 0.3) is 0 Å². The molecule has 158 valence electrons. The molecule has 29 heavy (non-hydrogen) atoms. The molecule has 2 atom stereocenters. The molecule has 1 aliphatic rings. The lowest BCUT2D eigenvalue weighted by Gasteiger charge is -2.19. The number of amides is 2. The van der Waals surface area contributed by atoms with Crippen molar-refractivity contribution in [3.05, 3.63) is 41.7 Å². The molecule has 0 radical (unpaired) electrons. The number of rotatable bonds is 4. The molecule has 1 aromatic carbocycles. The Morgan fingerprint density at radius 2 is 1.93 bits per heavy atom. The maximum absolute atomic E-state index is 13.1. The Balaban J connectivity index is 0.00000300. The van der Waals surface area contributed by atoms with Crippen molar-refractivity contribution in [2.45, 2.75) is 19.0 Å². The van der Waals surface area contributed by atoms with Gasteiger partial charge in [-0.25, -0.2) is 0 Å². The summed E-state index contributed by atoms with van der Waals surface area (Å²) in [6, 6.07) is 2.81. The standard InChI is InChI=1S/C18H20F3N5O2.ClH/c1-10(27)24-15-4-3-12(18(19,20)21)5-16(15)25-17(28)14-8-22-7-13(14)11-6-23-26(2)9-11;/h3-6,9,13-14,22H,7-8H2,1-2H3,(H,24,27)(H,25,28);1H/t13-,14+;/m1./s1. The van der Waals surface area contributed by atoms with E-state index >= 15 is 0 Å². The number of nitrogens with zero attached hydrogens (tertiary/aromatic N) is 2. The van der Waals surface area contributed by atoms with Crippen molar-refractivity contribution < 1.29 is 22.8 Å². The number of carbonyl (C=O) groups is 2. The second-order valence-corrected chi connectivity index (χ2v) is 6.75. The number of hydrogen-bond acceptors (Lipinski definition) is 4. The molecular weight excluding hydrogens is 411 g/mol. The summed E-state index contributed by atoms with van der Waals surface area (Å²) in [5.74, 6) is -1.51. The van der Waals surface area contributed by atoms with E-state index in [0.29, 0.717) is 13.1 Å². The monoisotopic (exact) mass is 431 g/mol. The van der Waals surface area contributed by atoms with Gasteiger partial charge in [-0.2, -0.15) is 18.3 Å². The largest absolute Gasteiger partial charge is 0.416 e. The molecule has 0 spiro atoms. The van der Waals surface area contributed by atoms with Crippen molar-refractivity contribution in [2.24, 2.45) is 13.0 Å². The van der Waals surface area contributed by atoms with Gasteiger partial charge in [-0.15, -0.1) is 12.4 Å². The maximum atomic E-state index is 13.1. The van der Waals surface area contributed by atoms with E-state index in [-0.39, 0.29) is 29.7 Å². The van der Waals surface area contributed by atoms with Gasteiger partial charge in [0.15, 0.2) is 0 Å². The van der Waals surface area contributed by atoms with Crippen LogP contribution in [0.4, 0.5) is 24.5 Å². The van der Waals surface area contributed by atoms with E-state index in [2.05, 4.69) is 21.0 Å². The lowest BCUT2D eigenvalue weighted by atomic mass is 9.90. The summed E-state index contributed by atoms with van der Waals surface area (Å²) < 4.78 is 40.8. The highest BCUT2D eigenvalue weighted by Crippen LogP contribution is 2.35. The van der Waals surface area contributed by atoms with Crippen LogP contribution in [0.2, 0.25) is 0 Å². The van der Waals surface area contributed by atoms with E-state index in [1.54, 1.807) is 17.9 Å². The van der Waals surface area contributed by atoms with Crippen LogP contribution in [-0.4, -0.2) is 34.7 Å². The number of carbonyl (C=O) groups excluding carboxylic acids is 2. The second-order valence-electron chi connectivity index (χ2n) is 6.75. The lowest BCUT2D eigenvalue weighted by molar-refractivity contribution is -0.137. The van der Waals surface area contributed by atoms with Crippen LogP contribution in [0.15, 0.2) is 30.6 Å². The molecule has 2 heterocycles. The third-order valence-electron chi connectivity index (χ3n) is 4.62. The summed E-state index contributed by atoms with van der Waals surface area (Å²) in [6.07, 6.45) is -1.09. The van der Waals surface area contributed by atoms with Crippen molar-refractivity contribution in [3.8, 4) is 0 Å². The van der Waals surface area contributed by atoms with E-state index in [0.717, 1.165) is 23.8 Å². The Kier molecular flexibility index (Phi) is 6.91.